The Morgan fingerprint density at radius 3 is 2.40 bits per heavy atom. The first-order chi connectivity index (χ1) is 14.4. The van der Waals surface area contributed by atoms with E-state index in [2.05, 4.69) is 48.3 Å². The molecule has 1 saturated heterocycles. The number of Topliss-reactive ketones (excluding diaryl/α,β-unsaturated/α-hetero) is 1. The molecule has 3 rings (SSSR count). The summed E-state index contributed by atoms with van der Waals surface area (Å²) in [6.45, 7) is 8.98. The van der Waals surface area contributed by atoms with Crippen LogP contribution in [0.4, 0.5) is 5.69 Å². The molecule has 0 radical (unpaired) electrons. The summed E-state index contributed by atoms with van der Waals surface area (Å²) in [7, 11) is 0. The van der Waals surface area contributed by atoms with E-state index in [0.717, 1.165) is 50.1 Å². The third-order valence-electron chi connectivity index (χ3n) is 6.04. The van der Waals surface area contributed by atoms with Gasteiger partial charge in [0.15, 0.2) is 5.78 Å². The number of rotatable bonds is 8. The van der Waals surface area contributed by atoms with E-state index < -0.39 is 0 Å². The van der Waals surface area contributed by atoms with Gasteiger partial charge < -0.3 is 10.2 Å². The molecule has 0 spiro atoms. The highest BCUT2D eigenvalue weighted by Gasteiger charge is 2.21. The molecule has 1 amide bonds. The number of amides is 1. The van der Waals surface area contributed by atoms with E-state index in [4.69, 9.17) is 0 Å². The lowest BCUT2D eigenvalue weighted by molar-refractivity contribution is -0.114. The van der Waals surface area contributed by atoms with Gasteiger partial charge in [0.05, 0.1) is 0 Å². The van der Waals surface area contributed by atoms with Crippen molar-refractivity contribution < 1.29 is 9.59 Å². The quantitative estimate of drug-likeness (QED) is 0.580. The first-order valence-electron chi connectivity index (χ1n) is 11.2. The second kappa shape index (κ2) is 10.5. The summed E-state index contributed by atoms with van der Waals surface area (Å²) in [4.78, 5) is 26.2. The van der Waals surface area contributed by atoms with Crippen molar-refractivity contribution in [1.82, 2.24) is 4.90 Å². The van der Waals surface area contributed by atoms with Crippen LogP contribution < -0.4 is 5.32 Å². The molecule has 1 aliphatic rings. The van der Waals surface area contributed by atoms with Crippen LogP contribution in [0.25, 0.3) is 0 Å². The predicted octanol–water partition coefficient (Wildman–Crippen LogP) is 5.61. The van der Waals surface area contributed by atoms with Gasteiger partial charge in [0, 0.05) is 24.6 Å². The van der Waals surface area contributed by atoms with E-state index >= 15 is 0 Å². The zero-order chi connectivity index (χ0) is 21.5. The third-order valence-corrected chi connectivity index (χ3v) is 6.04. The molecule has 0 saturated carbocycles. The second-order valence-corrected chi connectivity index (χ2v) is 8.73. The molecule has 1 N–H and O–H groups in total. The fourth-order valence-electron chi connectivity index (χ4n) is 4.22. The number of likely N-dealkylation sites (tertiary alicyclic amines) is 1. The van der Waals surface area contributed by atoms with E-state index in [0.29, 0.717) is 18.3 Å². The van der Waals surface area contributed by atoms with Gasteiger partial charge in [-0.2, -0.15) is 0 Å². The van der Waals surface area contributed by atoms with Crippen LogP contribution in [0.2, 0.25) is 0 Å². The summed E-state index contributed by atoms with van der Waals surface area (Å²) >= 11 is 0. The van der Waals surface area contributed by atoms with Crippen LogP contribution in [-0.2, 0) is 4.79 Å². The molecule has 1 aliphatic heterocycles. The minimum atomic E-state index is -0.0348. The van der Waals surface area contributed by atoms with Crippen molar-refractivity contribution in [3.63, 3.8) is 0 Å². The Labute approximate surface area is 180 Å². The molecule has 30 heavy (non-hydrogen) atoms. The van der Waals surface area contributed by atoms with Gasteiger partial charge in [0.25, 0.3) is 0 Å². The predicted molar refractivity (Wildman–Crippen MR) is 123 cm³/mol. The maximum absolute atomic E-state index is 12.5. The maximum atomic E-state index is 12.5. The number of nitrogens with zero attached hydrogens (tertiary/aromatic N) is 1. The van der Waals surface area contributed by atoms with E-state index in [9.17, 15) is 9.59 Å². The SMILES string of the molecule is CC(=O)Nc1cccc(C2CCN(CCCC(=O)c3ccc(C(C)C)cc3)CC2)c1. The minimum Gasteiger partial charge on any atom is -0.326 e. The Hall–Kier alpha value is -2.46. The van der Waals surface area contributed by atoms with Gasteiger partial charge in [-0.3, -0.25) is 9.59 Å². The molecule has 0 aromatic heterocycles. The summed E-state index contributed by atoms with van der Waals surface area (Å²) in [5, 5.41) is 2.87. The fourth-order valence-corrected chi connectivity index (χ4v) is 4.22. The lowest BCUT2D eigenvalue weighted by atomic mass is 9.89. The van der Waals surface area contributed by atoms with Crippen LogP contribution in [0.15, 0.2) is 48.5 Å². The number of nitrogens with one attached hydrogen (secondary N) is 1. The molecule has 0 aliphatic carbocycles. The first kappa shape index (κ1) is 22.2. The third kappa shape index (κ3) is 6.27. The number of carbonyl (C=O) groups is 2. The number of anilines is 1. The highest BCUT2D eigenvalue weighted by Crippen LogP contribution is 2.29. The monoisotopic (exact) mass is 406 g/mol. The van der Waals surface area contributed by atoms with Crippen LogP contribution in [-0.4, -0.2) is 36.2 Å². The van der Waals surface area contributed by atoms with Gasteiger partial charge in [-0.25, -0.2) is 0 Å². The average Bonchev–Trinajstić information content (AvgIpc) is 2.74. The Bertz CT molecular complexity index is 850. The Morgan fingerprint density at radius 1 is 1.07 bits per heavy atom. The molecular weight excluding hydrogens is 372 g/mol. The Balaban J connectivity index is 1.42. The zero-order valence-corrected chi connectivity index (χ0v) is 18.5. The van der Waals surface area contributed by atoms with Gasteiger partial charge in [-0.1, -0.05) is 50.2 Å². The van der Waals surface area contributed by atoms with Gasteiger partial charge in [-0.05, 0) is 74.0 Å². The van der Waals surface area contributed by atoms with Crippen molar-refractivity contribution in [1.29, 1.82) is 0 Å². The number of carbonyl (C=O) groups excluding carboxylic acids is 2. The van der Waals surface area contributed by atoms with Crippen molar-refractivity contribution in [2.75, 3.05) is 25.0 Å². The molecule has 160 valence electrons. The zero-order valence-electron chi connectivity index (χ0n) is 18.5. The lowest BCUT2D eigenvalue weighted by Gasteiger charge is -2.32. The van der Waals surface area contributed by atoms with Crippen LogP contribution in [0.5, 0.6) is 0 Å². The molecule has 0 bridgehead atoms. The highest BCUT2D eigenvalue weighted by atomic mass is 16.1. The smallest absolute Gasteiger partial charge is 0.221 e. The molecule has 0 atom stereocenters. The number of hydrogen-bond acceptors (Lipinski definition) is 3. The largest absolute Gasteiger partial charge is 0.326 e. The fraction of sp³-hybridized carbons (Fsp3) is 0.462. The van der Waals surface area contributed by atoms with Crippen molar-refractivity contribution in [3.05, 3.63) is 65.2 Å². The van der Waals surface area contributed by atoms with Crippen LogP contribution >= 0.6 is 0 Å². The van der Waals surface area contributed by atoms with E-state index in [1.807, 2.05) is 24.3 Å². The van der Waals surface area contributed by atoms with Crippen LogP contribution in [0, 0.1) is 0 Å². The van der Waals surface area contributed by atoms with Crippen molar-refractivity contribution >= 4 is 17.4 Å². The Kier molecular flexibility index (Phi) is 7.81. The van der Waals surface area contributed by atoms with E-state index in [1.54, 1.807) is 0 Å². The average molecular weight is 407 g/mol. The second-order valence-electron chi connectivity index (χ2n) is 8.73. The number of benzene rings is 2. The van der Waals surface area contributed by atoms with Gasteiger partial charge >= 0.3 is 0 Å². The van der Waals surface area contributed by atoms with Gasteiger partial charge in [0.1, 0.15) is 0 Å². The summed E-state index contributed by atoms with van der Waals surface area (Å²) < 4.78 is 0. The van der Waals surface area contributed by atoms with Crippen LogP contribution in [0.3, 0.4) is 0 Å². The molecule has 2 aromatic carbocycles. The summed E-state index contributed by atoms with van der Waals surface area (Å²) in [6, 6.07) is 16.3. The van der Waals surface area contributed by atoms with Gasteiger partial charge in [0.2, 0.25) is 5.91 Å². The first-order valence-corrected chi connectivity index (χ1v) is 11.2. The molecule has 2 aromatic rings. The molecule has 1 fully saturated rings. The molecule has 4 heteroatoms. The lowest BCUT2D eigenvalue weighted by Crippen LogP contribution is -2.33. The summed E-state index contributed by atoms with van der Waals surface area (Å²) in [6.07, 6.45) is 3.76. The summed E-state index contributed by atoms with van der Waals surface area (Å²) in [5.74, 6) is 1.24. The molecule has 1 heterocycles. The van der Waals surface area contributed by atoms with Gasteiger partial charge in [-0.15, -0.1) is 0 Å². The molecule has 4 nitrogen and oxygen atoms in total. The molecule has 0 unspecified atom stereocenters. The minimum absolute atomic E-state index is 0.0348. The Morgan fingerprint density at radius 2 is 1.77 bits per heavy atom. The summed E-state index contributed by atoms with van der Waals surface area (Å²) in [5.41, 5.74) is 4.29. The van der Waals surface area contributed by atoms with E-state index in [-0.39, 0.29) is 11.7 Å². The standard InChI is InChI=1S/C26H34N2O2/c1-19(2)21-9-11-23(12-10-21)26(30)8-5-15-28-16-13-22(14-17-28)24-6-4-7-25(18-24)27-20(3)29/h4,6-7,9-12,18-19,22H,5,8,13-17H2,1-3H3,(H,27,29). The number of ketones is 1. The highest BCUT2D eigenvalue weighted by molar-refractivity contribution is 5.96. The van der Waals surface area contributed by atoms with Crippen molar-refractivity contribution in [3.8, 4) is 0 Å². The number of piperidine rings is 1. The normalized spacial score (nSPS) is 15.3. The molecular formula is C26H34N2O2. The van der Waals surface area contributed by atoms with Crippen molar-refractivity contribution in [2.24, 2.45) is 0 Å². The number of hydrogen-bond donors (Lipinski definition) is 1. The van der Waals surface area contributed by atoms with Crippen LogP contribution in [0.1, 0.15) is 79.8 Å². The van der Waals surface area contributed by atoms with Crippen molar-refractivity contribution in [2.45, 2.75) is 58.3 Å². The topological polar surface area (TPSA) is 49.4 Å². The maximum Gasteiger partial charge on any atom is 0.221 e. The van der Waals surface area contributed by atoms with E-state index in [1.165, 1.54) is 18.1 Å².